The van der Waals surface area contributed by atoms with E-state index in [0.717, 1.165) is 11.1 Å². The zero-order chi connectivity index (χ0) is 14.1. The maximum absolute atomic E-state index is 10.8. The number of fused-ring (bicyclic) bond motifs is 1. The molecule has 0 fully saturated rings. The number of rotatable bonds is 3. The molecule has 3 rings (SSSR count). The molecular weight excluding hydrogens is 352 g/mol. The smallest absolute Gasteiger partial charge is 0.269 e. The Morgan fingerprint density at radius 2 is 2.05 bits per heavy atom. The number of nitro groups is 1. The highest BCUT2D eigenvalue weighted by molar-refractivity contribution is 7.16. The van der Waals surface area contributed by atoms with Crippen LogP contribution >= 0.6 is 11.3 Å². The number of aryl methyl sites for hydroxylation is 1. The summed E-state index contributed by atoms with van der Waals surface area (Å²) in [6.45, 7) is 2.72. The van der Waals surface area contributed by atoms with Gasteiger partial charge >= 0.3 is 0 Å². The van der Waals surface area contributed by atoms with E-state index in [1.165, 1.54) is 16.3 Å². The van der Waals surface area contributed by atoms with E-state index in [2.05, 4.69) is 35.2 Å². The summed E-state index contributed by atoms with van der Waals surface area (Å²) in [4.78, 5) is 10.4. The van der Waals surface area contributed by atoms with Crippen LogP contribution in [0.5, 0.6) is 0 Å². The van der Waals surface area contributed by atoms with Gasteiger partial charge in [-0.15, -0.1) is 0 Å². The number of thiazole rings is 1. The van der Waals surface area contributed by atoms with Crippen molar-refractivity contribution in [3.05, 3.63) is 69.2 Å². The first-order valence-electron chi connectivity index (χ1n) is 6.24. The minimum atomic E-state index is -0.358. The Morgan fingerprint density at radius 1 is 1.24 bits per heavy atom. The van der Waals surface area contributed by atoms with Crippen molar-refractivity contribution in [3.8, 4) is 0 Å². The van der Waals surface area contributed by atoms with E-state index in [-0.39, 0.29) is 27.6 Å². The first-order valence-corrected chi connectivity index (χ1v) is 7.12. The SMILES string of the molecule is Cc1ccc2c(c1)sc[n+]2Cc1cccc([N+](=O)[O-])c1.[Br-]. The molecule has 0 aliphatic heterocycles. The van der Waals surface area contributed by atoms with E-state index in [1.54, 1.807) is 23.5 Å². The molecule has 0 bridgehead atoms. The topological polar surface area (TPSA) is 47.0 Å². The van der Waals surface area contributed by atoms with Gasteiger partial charge in [0.1, 0.15) is 4.70 Å². The Hall–Kier alpha value is -1.79. The minimum absolute atomic E-state index is 0. The van der Waals surface area contributed by atoms with E-state index in [9.17, 15) is 10.1 Å². The maximum atomic E-state index is 10.8. The van der Waals surface area contributed by atoms with Crippen LogP contribution in [0.2, 0.25) is 0 Å². The largest absolute Gasteiger partial charge is 1.00 e. The molecule has 4 nitrogen and oxygen atoms in total. The average molecular weight is 365 g/mol. The lowest BCUT2D eigenvalue weighted by Crippen LogP contribution is -3.00. The van der Waals surface area contributed by atoms with E-state index in [0.29, 0.717) is 6.54 Å². The molecule has 2 aromatic carbocycles. The van der Waals surface area contributed by atoms with Gasteiger partial charge in [0, 0.05) is 23.8 Å². The molecule has 1 heterocycles. The summed E-state index contributed by atoms with van der Waals surface area (Å²) in [5, 5.41) is 10.8. The van der Waals surface area contributed by atoms with Crippen molar-refractivity contribution in [2.24, 2.45) is 0 Å². The van der Waals surface area contributed by atoms with Crippen LogP contribution in [0, 0.1) is 17.0 Å². The Morgan fingerprint density at radius 3 is 2.81 bits per heavy atom. The first-order chi connectivity index (χ1) is 9.63. The summed E-state index contributed by atoms with van der Waals surface area (Å²) in [5.41, 5.74) is 5.53. The standard InChI is InChI=1S/C15H13N2O2S.BrH/c1-11-5-6-14-15(7-11)20-10-16(14)9-12-3-2-4-13(8-12)17(18)19;/h2-8,10H,9H2,1H3;1H/q+1;/p-1. The van der Waals surface area contributed by atoms with E-state index < -0.39 is 0 Å². The number of non-ortho nitro benzene ring substituents is 1. The van der Waals surface area contributed by atoms with Gasteiger partial charge in [0.05, 0.1) is 4.92 Å². The second kappa shape index (κ2) is 6.32. The van der Waals surface area contributed by atoms with Gasteiger partial charge in [-0.2, -0.15) is 4.57 Å². The number of benzene rings is 2. The third-order valence-corrected chi connectivity index (χ3v) is 4.15. The molecule has 21 heavy (non-hydrogen) atoms. The average Bonchev–Trinajstić information content (AvgIpc) is 2.81. The normalized spacial score (nSPS) is 10.3. The van der Waals surface area contributed by atoms with Gasteiger partial charge in [-0.25, -0.2) is 0 Å². The summed E-state index contributed by atoms with van der Waals surface area (Å²) < 4.78 is 3.36. The molecule has 0 N–H and O–H groups in total. The summed E-state index contributed by atoms with van der Waals surface area (Å²) in [6.07, 6.45) is 0. The fraction of sp³-hybridized carbons (Fsp3) is 0.133. The van der Waals surface area contributed by atoms with Crippen LogP contribution in [0.25, 0.3) is 10.2 Å². The van der Waals surface area contributed by atoms with E-state index in [4.69, 9.17) is 0 Å². The van der Waals surface area contributed by atoms with Crippen molar-refractivity contribution >= 4 is 27.2 Å². The Labute approximate surface area is 136 Å². The maximum Gasteiger partial charge on any atom is 0.269 e. The monoisotopic (exact) mass is 364 g/mol. The van der Waals surface area contributed by atoms with Gasteiger partial charge < -0.3 is 17.0 Å². The Bertz CT molecular complexity index is 801. The molecule has 108 valence electrons. The quantitative estimate of drug-likeness (QED) is 0.385. The van der Waals surface area contributed by atoms with Crippen molar-refractivity contribution in [3.63, 3.8) is 0 Å². The molecule has 0 radical (unpaired) electrons. The molecule has 0 aliphatic rings. The first kappa shape index (κ1) is 15.6. The van der Waals surface area contributed by atoms with Crippen molar-refractivity contribution in [2.45, 2.75) is 13.5 Å². The predicted octanol–water partition coefficient (Wildman–Crippen LogP) is 0.458. The summed E-state index contributed by atoms with van der Waals surface area (Å²) >= 11 is 1.69. The summed E-state index contributed by atoms with van der Waals surface area (Å²) in [6, 6.07) is 13.1. The van der Waals surface area contributed by atoms with Crippen LogP contribution in [0.4, 0.5) is 5.69 Å². The second-order valence-corrected chi connectivity index (χ2v) is 5.64. The second-order valence-electron chi connectivity index (χ2n) is 4.75. The van der Waals surface area contributed by atoms with Crippen molar-refractivity contribution in [2.75, 3.05) is 0 Å². The summed E-state index contributed by atoms with van der Waals surface area (Å²) in [7, 11) is 0. The molecule has 6 heteroatoms. The van der Waals surface area contributed by atoms with E-state index in [1.807, 2.05) is 6.07 Å². The van der Waals surface area contributed by atoms with Crippen LogP contribution in [0.3, 0.4) is 0 Å². The Kier molecular flexibility index (Phi) is 4.69. The van der Waals surface area contributed by atoms with Crippen LogP contribution in [-0.2, 0) is 6.54 Å². The lowest BCUT2D eigenvalue weighted by Gasteiger charge is -1.97. The third kappa shape index (κ3) is 3.28. The van der Waals surface area contributed by atoms with Crippen LogP contribution in [0.15, 0.2) is 48.0 Å². The molecule has 1 aromatic heterocycles. The van der Waals surface area contributed by atoms with Gasteiger partial charge in [0.2, 0.25) is 11.0 Å². The van der Waals surface area contributed by atoms with Crippen LogP contribution < -0.4 is 21.5 Å². The highest BCUT2D eigenvalue weighted by Crippen LogP contribution is 2.19. The number of hydrogen-bond acceptors (Lipinski definition) is 3. The molecule has 0 aliphatic carbocycles. The number of nitro benzene ring substituents is 1. The third-order valence-electron chi connectivity index (χ3n) is 3.21. The molecule has 0 spiro atoms. The number of aromatic nitrogens is 1. The van der Waals surface area contributed by atoms with Gasteiger partial charge in [0.15, 0.2) is 6.54 Å². The number of halogens is 1. The Balaban J connectivity index is 0.00000161. The predicted molar refractivity (Wildman–Crippen MR) is 79.0 cm³/mol. The minimum Gasteiger partial charge on any atom is -1.00 e. The van der Waals surface area contributed by atoms with E-state index >= 15 is 0 Å². The van der Waals surface area contributed by atoms with Crippen molar-refractivity contribution in [1.82, 2.24) is 0 Å². The van der Waals surface area contributed by atoms with Crippen LogP contribution in [0.1, 0.15) is 11.1 Å². The molecule has 0 saturated heterocycles. The molecular formula is C15H13BrN2O2S. The molecule has 0 unspecified atom stereocenters. The number of nitrogens with zero attached hydrogens (tertiary/aromatic N) is 2. The van der Waals surface area contributed by atoms with Gasteiger partial charge in [-0.3, -0.25) is 10.1 Å². The highest BCUT2D eigenvalue weighted by Gasteiger charge is 2.14. The fourth-order valence-corrected chi connectivity index (χ4v) is 3.21. The van der Waals surface area contributed by atoms with Gasteiger partial charge in [-0.1, -0.05) is 29.5 Å². The number of hydrogen-bond donors (Lipinski definition) is 0. The fourth-order valence-electron chi connectivity index (χ4n) is 2.22. The highest BCUT2D eigenvalue weighted by atomic mass is 79.9. The van der Waals surface area contributed by atoms with Gasteiger partial charge in [0.25, 0.3) is 5.69 Å². The molecule has 3 aromatic rings. The van der Waals surface area contributed by atoms with Crippen molar-refractivity contribution < 1.29 is 26.5 Å². The zero-order valence-corrected chi connectivity index (χ0v) is 13.7. The lowest BCUT2D eigenvalue weighted by molar-refractivity contribution is -0.658. The molecule has 0 saturated carbocycles. The molecule has 0 atom stereocenters. The molecule has 0 amide bonds. The lowest BCUT2D eigenvalue weighted by atomic mass is 10.2. The van der Waals surface area contributed by atoms with Crippen LogP contribution in [-0.4, -0.2) is 4.92 Å². The zero-order valence-electron chi connectivity index (χ0n) is 11.3. The summed E-state index contributed by atoms with van der Waals surface area (Å²) in [5.74, 6) is 0. The van der Waals surface area contributed by atoms with Crippen molar-refractivity contribution in [1.29, 1.82) is 0 Å². The van der Waals surface area contributed by atoms with Gasteiger partial charge in [-0.05, 0) is 18.6 Å².